The average molecular weight is 173 g/mol. The van der Waals surface area contributed by atoms with E-state index in [-0.39, 0.29) is 6.42 Å². The molecule has 0 saturated heterocycles. The third-order valence-electron chi connectivity index (χ3n) is 1.15. The molecule has 0 bridgehead atoms. The fourth-order valence-corrected chi connectivity index (χ4v) is 1.03. The summed E-state index contributed by atoms with van der Waals surface area (Å²) >= 11 is 1.04. The second-order valence-corrected chi connectivity index (χ2v) is 2.60. The van der Waals surface area contributed by atoms with Gasteiger partial charge in [-0.05, 0) is 0 Å². The molecular weight excluding hydrogens is 166 g/mol. The van der Waals surface area contributed by atoms with Gasteiger partial charge < -0.3 is 10.8 Å². The van der Waals surface area contributed by atoms with E-state index in [9.17, 15) is 4.79 Å². The molecule has 6 heteroatoms. The van der Waals surface area contributed by atoms with Gasteiger partial charge in [-0.15, -0.1) is 0 Å². The van der Waals surface area contributed by atoms with E-state index in [1.54, 1.807) is 0 Å². The van der Waals surface area contributed by atoms with Gasteiger partial charge in [0.05, 0.1) is 23.6 Å². The normalized spacial score (nSPS) is 12.8. The second-order valence-electron chi connectivity index (χ2n) is 2.05. The van der Waals surface area contributed by atoms with Crippen LogP contribution in [-0.4, -0.2) is 25.9 Å². The van der Waals surface area contributed by atoms with Crippen molar-refractivity contribution < 1.29 is 9.90 Å². The summed E-state index contributed by atoms with van der Waals surface area (Å²) in [7, 11) is 0. The molecule has 1 aromatic heterocycles. The van der Waals surface area contributed by atoms with Crippen LogP contribution in [0.3, 0.4) is 0 Å². The minimum absolute atomic E-state index is 0.242. The van der Waals surface area contributed by atoms with E-state index in [1.807, 2.05) is 0 Å². The van der Waals surface area contributed by atoms with Gasteiger partial charge in [0.25, 0.3) is 0 Å². The first kappa shape index (κ1) is 8.09. The van der Waals surface area contributed by atoms with Crippen LogP contribution >= 0.6 is 11.7 Å². The zero-order valence-electron chi connectivity index (χ0n) is 5.60. The van der Waals surface area contributed by atoms with Crippen LogP contribution in [-0.2, 0) is 11.2 Å². The number of nitrogens with zero attached hydrogens (tertiary/aromatic N) is 2. The Balaban J connectivity index is 2.50. The van der Waals surface area contributed by atoms with E-state index in [0.717, 1.165) is 11.7 Å². The third-order valence-corrected chi connectivity index (χ3v) is 1.67. The van der Waals surface area contributed by atoms with E-state index in [1.165, 1.54) is 6.20 Å². The molecule has 1 rings (SSSR count). The maximum absolute atomic E-state index is 10.3. The van der Waals surface area contributed by atoms with Crippen molar-refractivity contribution in [2.24, 2.45) is 5.73 Å². The van der Waals surface area contributed by atoms with Crippen LogP contribution in [0, 0.1) is 0 Å². The van der Waals surface area contributed by atoms with Crippen molar-refractivity contribution in [2.45, 2.75) is 12.5 Å². The molecule has 0 unspecified atom stereocenters. The molecule has 1 aromatic rings. The van der Waals surface area contributed by atoms with Crippen molar-refractivity contribution in [2.75, 3.05) is 0 Å². The molecule has 3 N–H and O–H groups in total. The first-order valence-electron chi connectivity index (χ1n) is 2.95. The third kappa shape index (κ3) is 2.24. The summed E-state index contributed by atoms with van der Waals surface area (Å²) in [4.78, 5) is 10.3. The average Bonchev–Trinajstić information content (AvgIpc) is 2.39. The molecule has 11 heavy (non-hydrogen) atoms. The molecule has 1 heterocycles. The summed E-state index contributed by atoms with van der Waals surface area (Å²) in [5, 5.41) is 8.41. The van der Waals surface area contributed by atoms with E-state index in [0.29, 0.717) is 5.69 Å². The number of hydrogen-bond donors (Lipinski definition) is 2. The molecule has 1 atom stereocenters. The Hall–Kier alpha value is -1.01. The van der Waals surface area contributed by atoms with Gasteiger partial charge in [-0.1, -0.05) is 0 Å². The minimum atomic E-state index is -1.02. The van der Waals surface area contributed by atoms with Crippen molar-refractivity contribution in [1.29, 1.82) is 0 Å². The Kier molecular flexibility index (Phi) is 2.50. The largest absolute Gasteiger partial charge is 0.480 e. The molecule has 60 valence electrons. The molecule has 0 aliphatic rings. The van der Waals surface area contributed by atoms with Crippen LogP contribution in [0.25, 0.3) is 0 Å². The van der Waals surface area contributed by atoms with Crippen LogP contribution in [0.4, 0.5) is 0 Å². The number of carbonyl (C=O) groups is 1. The number of hydrogen-bond acceptors (Lipinski definition) is 5. The summed E-state index contributed by atoms with van der Waals surface area (Å²) in [5.74, 6) is -1.02. The Bertz CT molecular complexity index is 236. The van der Waals surface area contributed by atoms with Gasteiger partial charge in [-0.25, -0.2) is 0 Å². The van der Waals surface area contributed by atoms with E-state index >= 15 is 0 Å². The molecule has 5 nitrogen and oxygen atoms in total. The molecule has 0 radical (unpaired) electrons. The molecule has 0 spiro atoms. The SMILES string of the molecule is N[C@H](Cc1cnsn1)C(=O)O. The van der Waals surface area contributed by atoms with Crippen LogP contribution in [0.5, 0.6) is 0 Å². The monoisotopic (exact) mass is 173 g/mol. The predicted molar refractivity (Wildman–Crippen MR) is 39.2 cm³/mol. The van der Waals surface area contributed by atoms with Gasteiger partial charge in [-0.2, -0.15) is 8.75 Å². The van der Waals surface area contributed by atoms with Gasteiger partial charge >= 0.3 is 5.97 Å². The number of nitrogens with two attached hydrogens (primary N) is 1. The summed E-state index contributed by atoms with van der Waals surface area (Å²) in [5.41, 5.74) is 5.87. The van der Waals surface area contributed by atoms with Crippen molar-refractivity contribution in [3.63, 3.8) is 0 Å². The van der Waals surface area contributed by atoms with Crippen molar-refractivity contribution >= 4 is 17.7 Å². The Morgan fingerprint density at radius 2 is 2.64 bits per heavy atom. The quantitative estimate of drug-likeness (QED) is 0.642. The molecule has 0 amide bonds. The van der Waals surface area contributed by atoms with E-state index < -0.39 is 12.0 Å². The minimum Gasteiger partial charge on any atom is -0.480 e. The summed E-state index contributed by atoms with van der Waals surface area (Å²) in [6.07, 6.45) is 1.76. The number of aliphatic carboxylic acids is 1. The van der Waals surface area contributed by atoms with E-state index in [2.05, 4.69) is 8.75 Å². The number of aromatic nitrogens is 2. The van der Waals surface area contributed by atoms with Crippen molar-refractivity contribution in [3.05, 3.63) is 11.9 Å². The van der Waals surface area contributed by atoms with Crippen molar-refractivity contribution in [3.8, 4) is 0 Å². The fraction of sp³-hybridized carbons (Fsp3) is 0.400. The highest BCUT2D eigenvalue weighted by Crippen LogP contribution is 1.98. The van der Waals surface area contributed by atoms with Gasteiger partial charge in [0, 0.05) is 6.42 Å². The molecule has 0 saturated carbocycles. The van der Waals surface area contributed by atoms with Crippen LogP contribution < -0.4 is 5.73 Å². The van der Waals surface area contributed by atoms with Crippen molar-refractivity contribution in [1.82, 2.24) is 8.75 Å². The van der Waals surface area contributed by atoms with Crippen LogP contribution in [0.15, 0.2) is 6.20 Å². The molecule has 0 aliphatic heterocycles. The molecule has 0 fully saturated rings. The maximum atomic E-state index is 10.3. The smallest absolute Gasteiger partial charge is 0.320 e. The van der Waals surface area contributed by atoms with Gasteiger partial charge in [0.2, 0.25) is 0 Å². The Morgan fingerprint density at radius 3 is 3.09 bits per heavy atom. The lowest BCUT2D eigenvalue weighted by Gasteiger charge is -2.00. The van der Waals surface area contributed by atoms with Gasteiger partial charge in [0.1, 0.15) is 6.04 Å². The number of carboxylic acids is 1. The van der Waals surface area contributed by atoms with Gasteiger partial charge in [0.15, 0.2) is 0 Å². The number of carboxylic acid groups (broad SMARTS) is 1. The number of rotatable bonds is 3. The molecule has 0 aliphatic carbocycles. The second kappa shape index (κ2) is 3.40. The lowest BCUT2D eigenvalue weighted by molar-refractivity contribution is -0.138. The highest BCUT2D eigenvalue weighted by Gasteiger charge is 2.12. The fourth-order valence-electron chi connectivity index (χ4n) is 0.587. The van der Waals surface area contributed by atoms with Crippen LogP contribution in [0.2, 0.25) is 0 Å². The summed E-state index contributed by atoms with van der Waals surface area (Å²) < 4.78 is 7.54. The first-order valence-corrected chi connectivity index (χ1v) is 3.68. The van der Waals surface area contributed by atoms with Gasteiger partial charge in [-0.3, -0.25) is 4.79 Å². The lowest BCUT2D eigenvalue weighted by atomic mass is 10.2. The highest BCUT2D eigenvalue weighted by molar-refractivity contribution is 6.99. The standard InChI is InChI=1S/C5H7N3O2S/c6-4(5(9)10)1-3-2-7-11-8-3/h2,4H,1,6H2,(H,9,10)/t4-/m1/s1. The Morgan fingerprint density at radius 1 is 1.91 bits per heavy atom. The molecule has 0 aromatic carbocycles. The summed E-state index contributed by atoms with van der Waals surface area (Å²) in [6, 6.07) is -0.876. The topological polar surface area (TPSA) is 89.1 Å². The maximum Gasteiger partial charge on any atom is 0.320 e. The lowest BCUT2D eigenvalue weighted by Crippen LogP contribution is -2.32. The molecular formula is C5H7N3O2S. The Labute approximate surface area is 67.2 Å². The predicted octanol–water partition coefficient (Wildman–Crippen LogP) is -0.507. The van der Waals surface area contributed by atoms with E-state index in [4.69, 9.17) is 10.8 Å². The highest BCUT2D eigenvalue weighted by atomic mass is 32.1. The summed E-state index contributed by atoms with van der Waals surface area (Å²) in [6.45, 7) is 0. The first-order chi connectivity index (χ1) is 5.20. The van der Waals surface area contributed by atoms with Crippen LogP contribution in [0.1, 0.15) is 5.69 Å². The zero-order chi connectivity index (χ0) is 8.27. The zero-order valence-corrected chi connectivity index (χ0v) is 6.41.